The van der Waals surface area contributed by atoms with Crippen molar-refractivity contribution in [2.75, 3.05) is 26.7 Å². The van der Waals surface area contributed by atoms with Crippen LogP contribution in [-0.4, -0.2) is 56.9 Å². The fourth-order valence-corrected chi connectivity index (χ4v) is 3.94. The molecule has 27 heavy (non-hydrogen) atoms. The van der Waals surface area contributed by atoms with Crippen molar-refractivity contribution in [2.24, 2.45) is 10.9 Å². The third-order valence-electron chi connectivity index (χ3n) is 4.75. The highest BCUT2D eigenvalue weighted by Gasteiger charge is 2.50. The molecule has 6 nitrogen and oxygen atoms in total. The van der Waals surface area contributed by atoms with E-state index in [1.54, 1.807) is 7.05 Å². The Morgan fingerprint density at radius 2 is 1.85 bits per heavy atom. The molecular weight excluding hydrogens is 496 g/mol. The van der Waals surface area contributed by atoms with Gasteiger partial charge < -0.3 is 10.6 Å². The Hall–Kier alpha value is -0.300. The molecule has 1 fully saturated rings. The normalized spacial score (nSPS) is 18.7. The molecule has 0 aromatic carbocycles. The van der Waals surface area contributed by atoms with Crippen molar-refractivity contribution in [1.82, 2.24) is 14.9 Å². The zero-order valence-electron chi connectivity index (χ0n) is 16.2. The molecule has 1 heterocycles. The summed E-state index contributed by atoms with van der Waals surface area (Å²) in [6.07, 6.45) is 5.16. The van der Waals surface area contributed by atoms with Gasteiger partial charge in [-0.25, -0.2) is 8.42 Å². The van der Waals surface area contributed by atoms with Crippen molar-refractivity contribution < 1.29 is 21.6 Å². The molecule has 1 aliphatic rings. The second-order valence-electron chi connectivity index (χ2n) is 6.64. The smallest absolute Gasteiger partial charge is 0.356 e. The van der Waals surface area contributed by atoms with Gasteiger partial charge in [-0.3, -0.25) is 4.99 Å². The number of unbranched alkanes of at least 4 members (excludes halogenated alkanes) is 1. The van der Waals surface area contributed by atoms with E-state index in [9.17, 15) is 21.6 Å². The molecule has 0 aromatic rings. The third-order valence-corrected chi connectivity index (χ3v) is 6.38. The number of hydrogen-bond acceptors (Lipinski definition) is 3. The van der Waals surface area contributed by atoms with Crippen molar-refractivity contribution in [3.8, 4) is 0 Å². The second kappa shape index (κ2) is 12.3. The predicted molar refractivity (Wildman–Crippen MR) is 113 cm³/mol. The van der Waals surface area contributed by atoms with Gasteiger partial charge in [0.15, 0.2) is 5.96 Å². The lowest BCUT2D eigenvalue weighted by molar-refractivity contribution is -0.0494. The number of guanidine groups is 1. The maximum Gasteiger partial charge on any atom is 0.511 e. The molecule has 0 aliphatic carbocycles. The average molecular weight is 528 g/mol. The van der Waals surface area contributed by atoms with Crippen molar-refractivity contribution in [1.29, 1.82) is 0 Å². The highest BCUT2D eigenvalue weighted by atomic mass is 127. The van der Waals surface area contributed by atoms with E-state index in [2.05, 4.69) is 29.5 Å². The van der Waals surface area contributed by atoms with Gasteiger partial charge >= 0.3 is 15.5 Å². The van der Waals surface area contributed by atoms with Crippen LogP contribution in [0.3, 0.4) is 0 Å². The maximum absolute atomic E-state index is 12.6. The molecule has 1 saturated heterocycles. The second-order valence-corrected chi connectivity index (χ2v) is 8.57. The fourth-order valence-electron chi connectivity index (χ4n) is 2.96. The van der Waals surface area contributed by atoms with Crippen LogP contribution < -0.4 is 10.6 Å². The molecule has 0 saturated carbocycles. The summed E-state index contributed by atoms with van der Waals surface area (Å²) in [5.41, 5.74) is -5.24. The zero-order chi connectivity index (χ0) is 19.8. The van der Waals surface area contributed by atoms with E-state index in [0.717, 1.165) is 25.8 Å². The van der Waals surface area contributed by atoms with Crippen LogP contribution in [0, 0.1) is 5.92 Å². The number of alkyl halides is 3. The Labute approximate surface area is 177 Å². The van der Waals surface area contributed by atoms with Crippen LogP contribution in [0.2, 0.25) is 0 Å². The minimum absolute atomic E-state index is 0. The number of sulfonamides is 1. The van der Waals surface area contributed by atoms with Crippen LogP contribution in [0.25, 0.3) is 0 Å². The van der Waals surface area contributed by atoms with Gasteiger partial charge in [-0.2, -0.15) is 17.5 Å². The van der Waals surface area contributed by atoms with Crippen LogP contribution >= 0.6 is 24.0 Å². The zero-order valence-corrected chi connectivity index (χ0v) is 19.3. The van der Waals surface area contributed by atoms with Gasteiger partial charge in [0.05, 0.1) is 0 Å². The van der Waals surface area contributed by atoms with Crippen molar-refractivity contribution >= 4 is 40.0 Å². The first kappa shape index (κ1) is 26.7. The molecule has 0 radical (unpaired) electrons. The molecule has 162 valence electrons. The molecule has 0 spiro atoms. The molecular formula is C16H32F3IN4O2S. The maximum atomic E-state index is 12.6. The lowest BCUT2D eigenvalue weighted by atomic mass is 9.99. The molecule has 2 N–H and O–H groups in total. The minimum Gasteiger partial charge on any atom is -0.356 e. The number of nitrogens with zero attached hydrogens (tertiary/aromatic N) is 2. The predicted octanol–water partition coefficient (Wildman–Crippen LogP) is 3.30. The molecule has 1 unspecified atom stereocenters. The summed E-state index contributed by atoms with van der Waals surface area (Å²) in [4.78, 5) is 4.16. The van der Waals surface area contributed by atoms with E-state index in [0.29, 0.717) is 29.0 Å². The summed E-state index contributed by atoms with van der Waals surface area (Å²) in [5.74, 6) is 1.16. The largest absolute Gasteiger partial charge is 0.511 e. The average Bonchev–Trinajstić information content (AvgIpc) is 2.60. The molecule has 1 rings (SSSR count). The van der Waals surface area contributed by atoms with E-state index in [-0.39, 0.29) is 43.1 Å². The van der Waals surface area contributed by atoms with Crippen LogP contribution in [0.15, 0.2) is 4.99 Å². The van der Waals surface area contributed by atoms with Crippen LogP contribution in [0.1, 0.15) is 52.4 Å². The van der Waals surface area contributed by atoms with Crippen LogP contribution in [0.4, 0.5) is 13.2 Å². The number of piperidine rings is 1. The van der Waals surface area contributed by atoms with Gasteiger partial charge in [0.25, 0.3) is 0 Å². The first-order valence-corrected chi connectivity index (χ1v) is 10.6. The van der Waals surface area contributed by atoms with E-state index in [1.807, 2.05) is 0 Å². The SMILES string of the molecule is CCCCC(CC)CNC(=NC)NC1CCN(S(=O)(=O)C(F)(F)F)CC1.I. The van der Waals surface area contributed by atoms with Gasteiger partial charge in [-0.15, -0.1) is 24.0 Å². The van der Waals surface area contributed by atoms with Crippen LogP contribution in [0.5, 0.6) is 0 Å². The first-order valence-electron chi connectivity index (χ1n) is 9.19. The monoisotopic (exact) mass is 528 g/mol. The number of nitrogens with one attached hydrogen (secondary N) is 2. The van der Waals surface area contributed by atoms with E-state index < -0.39 is 15.5 Å². The lowest BCUT2D eigenvalue weighted by Gasteiger charge is -2.32. The van der Waals surface area contributed by atoms with E-state index in [1.165, 1.54) is 6.42 Å². The van der Waals surface area contributed by atoms with Gasteiger partial charge in [0.1, 0.15) is 0 Å². The molecule has 11 heteroatoms. The minimum atomic E-state index is -5.24. The molecule has 1 aliphatic heterocycles. The Bertz CT molecular complexity index is 550. The first-order chi connectivity index (χ1) is 12.2. The van der Waals surface area contributed by atoms with Crippen molar-refractivity contribution in [3.63, 3.8) is 0 Å². The summed E-state index contributed by atoms with van der Waals surface area (Å²) in [6, 6.07) is -0.100. The standard InChI is InChI=1S/C16H31F3N4O2S.HI/c1-4-6-7-13(5-2)12-21-15(20-3)22-14-8-10-23(11-9-14)26(24,25)16(17,18)19;/h13-14H,4-12H2,1-3H3,(H2,20,21,22);1H. The fraction of sp³-hybridized carbons (Fsp3) is 0.938. The number of aliphatic imine (C=N–C) groups is 1. The van der Waals surface area contributed by atoms with Crippen molar-refractivity contribution in [3.05, 3.63) is 0 Å². The molecule has 0 aromatic heterocycles. The highest BCUT2D eigenvalue weighted by Crippen LogP contribution is 2.28. The van der Waals surface area contributed by atoms with Gasteiger partial charge in [0.2, 0.25) is 0 Å². The summed E-state index contributed by atoms with van der Waals surface area (Å²) >= 11 is 0. The lowest BCUT2D eigenvalue weighted by Crippen LogP contribution is -2.52. The third kappa shape index (κ3) is 8.30. The van der Waals surface area contributed by atoms with E-state index >= 15 is 0 Å². The topological polar surface area (TPSA) is 73.8 Å². The Morgan fingerprint density at radius 1 is 1.26 bits per heavy atom. The number of halogens is 4. The Balaban J connectivity index is 0.00000676. The van der Waals surface area contributed by atoms with Gasteiger partial charge in [-0.05, 0) is 25.2 Å². The Morgan fingerprint density at radius 3 is 2.30 bits per heavy atom. The summed E-state index contributed by atoms with van der Waals surface area (Å²) in [7, 11) is -3.59. The highest BCUT2D eigenvalue weighted by molar-refractivity contribution is 14.0. The van der Waals surface area contributed by atoms with Gasteiger partial charge in [-0.1, -0.05) is 33.1 Å². The summed E-state index contributed by atoms with van der Waals surface area (Å²) in [5, 5.41) is 6.46. The van der Waals surface area contributed by atoms with E-state index in [4.69, 9.17) is 0 Å². The Kier molecular flexibility index (Phi) is 12.2. The summed E-state index contributed by atoms with van der Waals surface area (Å²) in [6.45, 7) is 4.80. The van der Waals surface area contributed by atoms with Crippen molar-refractivity contribution in [2.45, 2.75) is 63.9 Å². The molecule has 1 atom stereocenters. The number of rotatable bonds is 8. The number of hydrogen-bond donors (Lipinski definition) is 2. The molecule has 0 bridgehead atoms. The van der Waals surface area contributed by atoms with Gasteiger partial charge in [0, 0.05) is 32.7 Å². The van der Waals surface area contributed by atoms with Crippen LogP contribution in [-0.2, 0) is 10.0 Å². The molecule has 0 amide bonds. The quantitative estimate of drug-likeness (QED) is 0.288. The summed E-state index contributed by atoms with van der Waals surface area (Å²) < 4.78 is 61.2.